The summed E-state index contributed by atoms with van der Waals surface area (Å²) in [7, 11) is 0. The van der Waals surface area contributed by atoms with Crippen molar-refractivity contribution in [3.05, 3.63) is 41.2 Å². The molecule has 100 valence electrons. The molecule has 0 unspecified atom stereocenters. The number of fused-ring (bicyclic) bond motifs is 1. The Labute approximate surface area is 117 Å². The molecular formula is C13H10N4O2S. The number of carboxylic acid groups (broad SMARTS) is 1. The number of H-pyrrole nitrogens is 1. The number of nitrogen functional groups attached to an aromatic ring is 1. The minimum atomic E-state index is -1.05. The van der Waals surface area contributed by atoms with Crippen LogP contribution in [0.3, 0.4) is 0 Å². The van der Waals surface area contributed by atoms with E-state index in [4.69, 9.17) is 5.73 Å². The summed E-state index contributed by atoms with van der Waals surface area (Å²) in [6.45, 7) is 0. The molecule has 0 aromatic carbocycles. The van der Waals surface area contributed by atoms with Crippen LogP contribution in [0.15, 0.2) is 29.9 Å². The van der Waals surface area contributed by atoms with Crippen LogP contribution in [0.2, 0.25) is 0 Å². The number of hydrogen-bond acceptors (Lipinski definition) is 5. The first kappa shape index (κ1) is 12.4. The molecule has 7 heteroatoms. The summed E-state index contributed by atoms with van der Waals surface area (Å²) in [6, 6.07) is 3.67. The van der Waals surface area contributed by atoms with Gasteiger partial charge >= 0.3 is 5.97 Å². The van der Waals surface area contributed by atoms with Crippen LogP contribution in [0.4, 0.5) is 5.13 Å². The van der Waals surface area contributed by atoms with Crippen LogP contribution in [-0.2, 0) is 4.79 Å². The average Bonchev–Trinajstić information content (AvgIpc) is 3.02. The first-order chi connectivity index (χ1) is 9.65. The number of rotatable bonds is 3. The van der Waals surface area contributed by atoms with Gasteiger partial charge < -0.3 is 15.8 Å². The topological polar surface area (TPSA) is 105 Å². The van der Waals surface area contributed by atoms with Crippen molar-refractivity contribution in [2.24, 2.45) is 0 Å². The molecule has 3 heterocycles. The number of anilines is 1. The van der Waals surface area contributed by atoms with Gasteiger partial charge in [0.15, 0.2) is 5.13 Å². The fourth-order valence-electron chi connectivity index (χ4n) is 1.91. The SMILES string of the molecule is Nc1nc(C(=Cc2c[nH]c3ncccc23)C(=O)O)cs1. The highest BCUT2D eigenvalue weighted by molar-refractivity contribution is 7.13. The number of pyridine rings is 1. The maximum Gasteiger partial charge on any atom is 0.337 e. The minimum Gasteiger partial charge on any atom is -0.478 e. The Hall–Kier alpha value is -2.67. The fraction of sp³-hybridized carbons (Fsp3) is 0. The van der Waals surface area contributed by atoms with Crippen LogP contribution in [0.5, 0.6) is 0 Å². The van der Waals surface area contributed by atoms with E-state index >= 15 is 0 Å². The van der Waals surface area contributed by atoms with Crippen molar-refractivity contribution in [1.82, 2.24) is 15.0 Å². The third kappa shape index (κ3) is 2.14. The number of aliphatic carboxylic acids is 1. The molecule has 3 aromatic heterocycles. The standard InChI is InChI=1S/C13H10N4O2S/c14-13-17-10(6-20-13)9(12(18)19)4-7-5-16-11-8(7)2-1-3-15-11/h1-6H,(H2,14,17)(H,15,16)(H,18,19). The number of aromatic nitrogens is 3. The number of hydrogen-bond donors (Lipinski definition) is 3. The molecule has 4 N–H and O–H groups in total. The van der Waals surface area contributed by atoms with Crippen molar-refractivity contribution in [3.63, 3.8) is 0 Å². The highest BCUT2D eigenvalue weighted by atomic mass is 32.1. The number of nitrogens with two attached hydrogens (primary N) is 1. The van der Waals surface area contributed by atoms with Crippen molar-refractivity contribution in [2.75, 3.05) is 5.73 Å². The third-order valence-electron chi connectivity index (χ3n) is 2.81. The highest BCUT2D eigenvalue weighted by Gasteiger charge is 2.15. The largest absolute Gasteiger partial charge is 0.478 e. The zero-order valence-corrected chi connectivity index (χ0v) is 11.0. The van der Waals surface area contributed by atoms with E-state index in [0.29, 0.717) is 16.5 Å². The highest BCUT2D eigenvalue weighted by Crippen LogP contribution is 2.25. The lowest BCUT2D eigenvalue weighted by atomic mass is 10.1. The predicted molar refractivity (Wildman–Crippen MR) is 78.1 cm³/mol. The monoisotopic (exact) mass is 286 g/mol. The Kier molecular flexibility index (Phi) is 2.96. The van der Waals surface area contributed by atoms with Crippen molar-refractivity contribution in [2.45, 2.75) is 0 Å². The smallest absolute Gasteiger partial charge is 0.337 e. The first-order valence-electron chi connectivity index (χ1n) is 5.73. The van der Waals surface area contributed by atoms with Gasteiger partial charge in [-0.1, -0.05) is 0 Å². The first-order valence-corrected chi connectivity index (χ1v) is 6.61. The molecule has 3 aromatic rings. The maximum absolute atomic E-state index is 11.4. The summed E-state index contributed by atoms with van der Waals surface area (Å²) < 4.78 is 0. The maximum atomic E-state index is 11.4. The molecule has 0 amide bonds. The van der Waals surface area contributed by atoms with Gasteiger partial charge in [-0.3, -0.25) is 0 Å². The second kappa shape index (κ2) is 4.78. The van der Waals surface area contributed by atoms with E-state index in [9.17, 15) is 9.90 Å². The predicted octanol–water partition coefficient (Wildman–Crippen LogP) is 2.23. The summed E-state index contributed by atoms with van der Waals surface area (Å²) in [5.41, 5.74) is 7.47. The summed E-state index contributed by atoms with van der Waals surface area (Å²) in [5, 5.41) is 12.2. The lowest BCUT2D eigenvalue weighted by molar-refractivity contribution is -0.130. The Bertz CT molecular complexity index is 819. The zero-order chi connectivity index (χ0) is 14.1. The second-order valence-electron chi connectivity index (χ2n) is 4.08. The molecule has 3 rings (SSSR count). The molecule has 0 aliphatic heterocycles. The quantitative estimate of drug-likeness (QED) is 0.640. The summed E-state index contributed by atoms with van der Waals surface area (Å²) in [6.07, 6.45) is 4.96. The number of nitrogens with zero attached hydrogens (tertiary/aromatic N) is 2. The lowest BCUT2D eigenvalue weighted by Gasteiger charge is -1.98. The van der Waals surface area contributed by atoms with Crippen LogP contribution >= 0.6 is 11.3 Å². The van der Waals surface area contributed by atoms with Crippen LogP contribution in [0, 0.1) is 0 Å². The van der Waals surface area contributed by atoms with Gasteiger partial charge in [-0.25, -0.2) is 14.8 Å². The van der Waals surface area contributed by atoms with E-state index in [0.717, 1.165) is 10.9 Å². The number of aromatic amines is 1. The number of thiazole rings is 1. The molecule has 0 aliphatic rings. The summed E-state index contributed by atoms with van der Waals surface area (Å²) >= 11 is 1.21. The van der Waals surface area contributed by atoms with Gasteiger partial charge in [-0.05, 0) is 18.2 Å². The Balaban J connectivity index is 2.14. The summed E-state index contributed by atoms with van der Waals surface area (Å²) in [4.78, 5) is 22.6. The zero-order valence-electron chi connectivity index (χ0n) is 10.2. The average molecular weight is 286 g/mol. The van der Waals surface area contributed by atoms with E-state index in [2.05, 4.69) is 15.0 Å². The number of carbonyl (C=O) groups is 1. The molecule has 0 spiro atoms. The van der Waals surface area contributed by atoms with E-state index in [-0.39, 0.29) is 5.57 Å². The van der Waals surface area contributed by atoms with Crippen molar-refractivity contribution < 1.29 is 9.90 Å². The van der Waals surface area contributed by atoms with Gasteiger partial charge in [0.2, 0.25) is 0 Å². The normalized spacial score (nSPS) is 11.9. The van der Waals surface area contributed by atoms with E-state index in [1.54, 1.807) is 29.9 Å². The van der Waals surface area contributed by atoms with Crippen molar-refractivity contribution >= 4 is 45.1 Å². The number of nitrogens with one attached hydrogen (secondary N) is 1. The Morgan fingerprint density at radius 2 is 2.35 bits per heavy atom. The Morgan fingerprint density at radius 3 is 3.05 bits per heavy atom. The molecule has 0 saturated heterocycles. The van der Waals surface area contributed by atoms with Gasteiger partial charge in [0, 0.05) is 28.7 Å². The van der Waals surface area contributed by atoms with E-state index < -0.39 is 5.97 Å². The summed E-state index contributed by atoms with van der Waals surface area (Å²) in [5.74, 6) is -1.05. The molecule has 0 aliphatic carbocycles. The second-order valence-corrected chi connectivity index (χ2v) is 4.97. The van der Waals surface area contributed by atoms with Crippen LogP contribution < -0.4 is 5.73 Å². The van der Waals surface area contributed by atoms with Crippen molar-refractivity contribution in [1.29, 1.82) is 0 Å². The van der Waals surface area contributed by atoms with Crippen molar-refractivity contribution in [3.8, 4) is 0 Å². The molecule has 0 fully saturated rings. The van der Waals surface area contributed by atoms with Crippen LogP contribution in [0.25, 0.3) is 22.7 Å². The van der Waals surface area contributed by atoms with Crippen LogP contribution in [0.1, 0.15) is 11.3 Å². The fourth-order valence-corrected chi connectivity index (χ4v) is 2.47. The van der Waals surface area contributed by atoms with E-state index in [1.165, 1.54) is 11.3 Å². The molecule has 6 nitrogen and oxygen atoms in total. The van der Waals surface area contributed by atoms with Crippen LogP contribution in [-0.4, -0.2) is 26.0 Å². The molecule has 20 heavy (non-hydrogen) atoms. The lowest BCUT2D eigenvalue weighted by Crippen LogP contribution is -2.00. The van der Waals surface area contributed by atoms with Gasteiger partial charge in [-0.15, -0.1) is 11.3 Å². The van der Waals surface area contributed by atoms with Gasteiger partial charge in [0.05, 0.1) is 11.3 Å². The van der Waals surface area contributed by atoms with Gasteiger partial charge in [0.25, 0.3) is 0 Å². The van der Waals surface area contributed by atoms with Gasteiger partial charge in [-0.2, -0.15) is 0 Å². The minimum absolute atomic E-state index is 0.0997. The Morgan fingerprint density at radius 1 is 1.50 bits per heavy atom. The molecule has 0 bridgehead atoms. The molecule has 0 radical (unpaired) electrons. The molecular weight excluding hydrogens is 276 g/mol. The molecule has 0 atom stereocenters. The van der Waals surface area contributed by atoms with Gasteiger partial charge in [0.1, 0.15) is 5.65 Å². The molecule has 0 saturated carbocycles. The third-order valence-corrected chi connectivity index (χ3v) is 3.49. The van der Waals surface area contributed by atoms with E-state index in [1.807, 2.05) is 6.07 Å². The number of carboxylic acids is 1.